The molecule has 4 nitrogen and oxygen atoms in total. The molecule has 3 rings (SSSR count). The number of amides is 1. The molecule has 5 heteroatoms. The monoisotopic (exact) mass is 300 g/mol. The van der Waals surface area contributed by atoms with Gasteiger partial charge < -0.3 is 4.55 Å². The van der Waals surface area contributed by atoms with Crippen LogP contribution in [0.3, 0.4) is 0 Å². The highest BCUT2D eigenvalue weighted by Crippen LogP contribution is 2.43. The maximum Gasteiger partial charge on any atom is 0.242 e. The highest BCUT2D eigenvalue weighted by atomic mass is 32.2. The number of benzene rings is 1. The molecule has 0 radical (unpaired) electrons. The summed E-state index contributed by atoms with van der Waals surface area (Å²) in [6.45, 7) is 3.82. The van der Waals surface area contributed by atoms with E-state index in [9.17, 15) is 9.35 Å². The third kappa shape index (κ3) is 2.13. The van der Waals surface area contributed by atoms with E-state index in [0.29, 0.717) is 5.82 Å². The SMILES string of the molecule is C[S+]([O-])c1ccc(N2C(=O)C(C)(C)c3cccnc32)cc1. The normalized spacial score (nSPS) is 17.7. The molecule has 0 saturated carbocycles. The number of nitrogens with zero attached hydrogens (tertiary/aromatic N) is 2. The molecule has 0 aliphatic carbocycles. The Labute approximate surface area is 127 Å². The Morgan fingerprint density at radius 2 is 1.86 bits per heavy atom. The number of aromatic nitrogens is 1. The number of hydrogen-bond donors (Lipinski definition) is 0. The van der Waals surface area contributed by atoms with Gasteiger partial charge in [-0.1, -0.05) is 6.07 Å². The summed E-state index contributed by atoms with van der Waals surface area (Å²) in [6, 6.07) is 11.0. The third-order valence-electron chi connectivity index (χ3n) is 3.84. The lowest BCUT2D eigenvalue weighted by molar-refractivity contribution is -0.121. The Bertz CT molecular complexity index is 696. The smallest absolute Gasteiger partial charge is 0.242 e. The van der Waals surface area contributed by atoms with Gasteiger partial charge in [0.15, 0.2) is 4.90 Å². The summed E-state index contributed by atoms with van der Waals surface area (Å²) >= 11 is -1.03. The average Bonchev–Trinajstić information content (AvgIpc) is 2.67. The van der Waals surface area contributed by atoms with Gasteiger partial charge in [-0.05, 0) is 55.4 Å². The predicted molar refractivity (Wildman–Crippen MR) is 83.2 cm³/mol. The van der Waals surface area contributed by atoms with Crippen molar-refractivity contribution in [3.8, 4) is 0 Å². The molecular weight excluding hydrogens is 284 g/mol. The fraction of sp³-hybridized carbons (Fsp3) is 0.250. The highest BCUT2D eigenvalue weighted by molar-refractivity contribution is 7.90. The molecule has 1 aromatic heterocycles. The fourth-order valence-electron chi connectivity index (χ4n) is 2.58. The van der Waals surface area contributed by atoms with Crippen molar-refractivity contribution in [1.29, 1.82) is 0 Å². The number of hydrogen-bond acceptors (Lipinski definition) is 3. The van der Waals surface area contributed by atoms with Gasteiger partial charge in [0.25, 0.3) is 0 Å². The zero-order chi connectivity index (χ0) is 15.2. The van der Waals surface area contributed by atoms with Crippen LogP contribution in [0.4, 0.5) is 11.5 Å². The minimum absolute atomic E-state index is 0.00145. The number of carbonyl (C=O) groups is 1. The summed E-state index contributed by atoms with van der Waals surface area (Å²) in [5.74, 6) is 0.680. The lowest BCUT2D eigenvalue weighted by atomic mass is 9.87. The van der Waals surface area contributed by atoms with Gasteiger partial charge in [-0.3, -0.25) is 9.69 Å². The maximum atomic E-state index is 12.7. The van der Waals surface area contributed by atoms with Crippen LogP contribution in [0.15, 0.2) is 47.5 Å². The minimum atomic E-state index is -1.03. The second kappa shape index (κ2) is 4.86. The first-order valence-corrected chi connectivity index (χ1v) is 8.22. The molecule has 1 atom stereocenters. The molecule has 1 aliphatic heterocycles. The molecule has 1 aliphatic rings. The Hall–Kier alpha value is -1.85. The molecule has 1 aromatic carbocycles. The lowest BCUT2D eigenvalue weighted by Crippen LogP contribution is -2.33. The zero-order valence-corrected chi connectivity index (χ0v) is 13.0. The summed E-state index contributed by atoms with van der Waals surface area (Å²) in [5.41, 5.74) is 1.09. The van der Waals surface area contributed by atoms with Crippen LogP contribution in [0.1, 0.15) is 19.4 Å². The van der Waals surface area contributed by atoms with Crippen molar-refractivity contribution in [3.05, 3.63) is 48.2 Å². The first-order valence-electron chi connectivity index (χ1n) is 6.66. The van der Waals surface area contributed by atoms with E-state index in [2.05, 4.69) is 4.98 Å². The molecular formula is C16H16N2O2S. The van der Waals surface area contributed by atoms with Crippen LogP contribution in [0.5, 0.6) is 0 Å². The van der Waals surface area contributed by atoms with Crippen LogP contribution < -0.4 is 4.90 Å². The van der Waals surface area contributed by atoms with Crippen molar-refractivity contribution < 1.29 is 9.35 Å². The third-order valence-corrected chi connectivity index (χ3v) is 4.77. The molecule has 2 heterocycles. The van der Waals surface area contributed by atoms with Gasteiger partial charge in [0.2, 0.25) is 5.91 Å². The van der Waals surface area contributed by atoms with Crippen LogP contribution in [0.25, 0.3) is 0 Å². The zero-order valence-electron chi connectivity index (χ0n) is 12.2. The van der Waals surface area contributed by atoms with Crippen molar-refractivity contribution in [2.75, 3.05) is 11.2 Å². The molecule has 1 amide bonds. The first-order chi connectivity index (χ1) is 9.93. The van der Waals surface area contributed by atoms with Gasteiger partial charge in [-0.25, -0.2) is 4.98 Å². The molecule has 2 aromatic rings. The Balaban J connectivity index is 2.09. The molecule has 0 fully saturated rings. The fourth-order valence-corrected chi connectivity index (χ4v) is 3.10. The molecule has 0 bridgehead atoms. The van der Waals surface area contributed by atoms with Crippen molar-refractivity contribution in [2.45, 2.75) is 24.2 Å². The number of anilines is 2. The Kier molecular flexibility index (Phi) is 3.26. The summed E-state index contributed by atoms with van der Waals surface area (Å²) in [6.07, 6.45) is 3.33. The summed E-state index contributed by atoms with van der Waals surface area (Å²) in [7, 11) is 0. The van der Waals surface area contributed by atoms with Gasteiger partial charge in [-0.2, -0.15) is 0 Å². The maximum absolute atomic E-state index is 12.7. The number of carbonyl (C=O) groups excluding carboxylic acids is 1. The van der Waals surface area contributed by atoms with Gasteiger partial charge in [0, 0.05) is 11.8 Å². The molecule has 0 N–H and O–H groups in total. The minimum Gasteiger partial charge on any atom is -0.612 e. The number of fused-ring (bicyclic) bond motifs is 1. The van der Waals surface area contributed by atoms with Gasteiger partial charge in [0.05, 0.1) is 11.1 Å². The van der Waals surface area contributed by atoms with Crippen molar-refractivity contribution in [3.63, 3.8) is 0 Å². The molecule has 0 saturated heterocycles. The Morgan fingerprint density at radius 1 is 1.19 bits per heavy atom. The quantitative estimate of drug-likeness (QED) is 0.801. The lowest BCUT2D eigenvalue weighted by Gasteiger charge is -2.20. The van der Waals surface area contributed by atoms with E-state index in [1.165, 1.54) is 0 Å². The highest BCUT2D eigenvalue weighted by Gasteiger charge is 2.45. The second-order valence-corrected chi connectivity index (χ2v) is 6.97. The molecule has 21 heavy (non-hydrogen) atoms. The van der Waals surface area contributed by atoms with E-state index in [4.69, 9.17) is 0 Å². The van der Waals surface area contributed by atoms with E-state index in [1.54, 1.807) is 29.5 Å². The van der Waals surface area contributed by atoms with Crippen molar-refractivity contribution >= 4 is 28.6 Å². The van der Waals surface area contributed by atoms with Crippen LogP contribution in [0, 0.1) is 0 Å². The van der Waals surface area contributed by atoms with Crippen LogP contribution >= 0.6 is 0 Å². The molecule has 0 spiro atoms. The van der Waals surface area contributed by atoms with Crippen LogP contribution in [0.2, 0.25) is 0 Å². The topological polar surface area (TPSA) is 56.3 Å². The second-order valence-electron chi connectivity index (χ2n) is 5.59. The Morgan fingerprint density at radius 3 is 2.48 bits per heavy atom. The average molecular weight is 300 g/mol. The van der Waals surface area contributed by atoms with Crippen molar-refractivity contribution in [1.82, 2.24) is 4.98 Å². The summed E-state index contributed by atoms with van der Waals surface area (Å²) in [5, 5.41) is 0. The molecule has 108 valence electrons. The standard InChI is InChI=1S/C16H16N2O2S/c1-16(2)13-5-4-10-17-14(13)18(15(16)19)11-6-8-12(9-7-11)21(3)20/h4-10H,1-3H3. The van der Waals surface area contributed by atoms with E-state index < -0.39 is 16.6 Å². The molecule has 1 unspecified atom stereocenters. The van der Waals surface area contributed by atoms with Crippen LogP contribution in [-0.4, -0.2) is 21.7 Å². The number of rotatable bonds is 2. The van der Waals surface area contributed by atoms with Gasteiger partial charge >= 0.3 is 0 Å². The largest absolute Gasteiger partial charge is 0.612 e. The summed E-state index contributed by atoms with van der Waals surface area (Å²) in [4.78, 5) is 19.5. The number of pyridine rings is 1. The van der Waals surface area contributed by atoms with Crippen molar-refractivity contribution in [2.24, 2.45) is 0 Å². The van der Waals surface area contributed by atoms with Crippen LogP contribution in [-0.2, 0) is 21.4 Å². The van der Waals surface area contributed by atoms with E-state index in [0.717, 1.165) is 16.1 Å². The van der Waals surface area contributed by atoms with E-state index in [-0.39, 0.29) is 5.91 Å². The summed E-state index contributed by atoms with van der Waals surface area (Å²) < 4.78 is 11.5. The van der Waals surface area contributed by atoms with Gasteiger partial charge in [-0.15, -0.1) is 0 Å². The van der Waals surface area contributed by atoms with Gasteiger partial charge in [0.1, 0.15) is 12.1 Å². The van der Waals surface area contributed by atoms with E-state index >= 15 is 0 Å². The predicted octanol–water partition coefficient (Wildman–Crippen LogP) is 2.77. The first kappa shape index (κ1) is 14.1. The van der Waals surface area contributed by atoms with E-state index in [1.807, 2.05) is 38.1 Å².